The number of hydrogen-bond donors (Lipinski definition) is 1. The first-order valence-electron chi connectivity index (χ1n) is 5.90. The molecule has 1 heterocycles. The van der Waals surface area contributed by atoms with Crippen LogP contribution in [-0.4, -0.2) is 27.0 Å². The molecular weight excluding hydrogens is 276 g/mol. The molecule has 3 aromatic rings. The lowest BCUT2D eigenvalue weighted by molar-refractivity contribution is -0.133. The normalized spacial score (nSPS) is 10.8. The predicted octanol–water partition coefficient (Wildman–Crippen LogP) is 3.07. The van der Waals surface area contributed by atoms with Crippen molar-refractivity contribution in [2.24, 2.45) is 0 Å². The van der Waals surface area contributed by atoms with Gasteiger partial charge in [0.2, 0.25) is 5.89 Å². The quantitative estimate of drug-likeness (QED) is 0.743. The molecule has 0 unspecified atom stereocenters. The number of nitrogens with zero attached hydrogens (tertiary/aromatic N) is 2. The van der Waals surface area contributed by atoms with Crippen LogP contribution in [0.5, 0.6) is 0 Å². The van der Waals surface area contributed by atoms with Crippen molar-refractivity contribution in [3.05, 3.63) is 42.5 Å². The first-order chi connectivity index (χ1) is 9.74. The third-order valence-electron chi connectivity index (χ3n) is 2.75. The van der Waals surface area contributed by atoms with E-state index in [1.165, 1.54) is 0 Å². The van der Waals surface area contributed by atoms with Crippen molar-refractivity contribution in [2.75, 3.05) is 5.75 Å². The van der Waals surface area contributed by atoms with Gasteiger partial charge >= 0.3 is 5.97 Å². The number of carboxylic acid groups (broad SMARTS) is 1. The maximum Gasteiger partial charge on any atom is 0.314 e. The highest BCUT2D eigenvalue weighted by atomic mass is 32.2. The highest BCUT2D eigenvalue weighted by molar-refractivity contribution is 7.99. The van der Waals surface area contributed by atoms with Crippen LogP contribution in [0.2, 0.25) is 0 Å². The van der Waals surface area contributed by atoms with Crippen molar-refractivity contribution in [1.29, 1.82) is 0 Å². The van der Waals surface area contributed by atoms with E-state index in [0.717, 1.165) is 28.1 Å². The average Bonchev–Trinajstić information content (AvgIpc) is 2.93. The Balaban J connectivity index is 1.97. The van der Waals surface area contributed by atoms with Crippen LogP contribution in [0, 0.1) is 0 Å². The number of benzene rings is 2. The zero-order valence-corrected chi connectivity index (χ0v) is 11.1. The molecule has 1 aromatic heterocycles. The maximum atomic E-state index is 10.5. The zero-order chi connectivity index (χ0) is 13.9. The van der Waals surface area contributed by atoms with Gasteiger partial charge in [0.15, 0.2) is 0 Å². The summed E-state index contributed by atoms with van der Waals surface area (Å²) in [7, 11) is 0. The number of hydrogen-bond acceptors (Lipinski definition) is 5. The van der Waals surface area contributed by atoms with Gasteiger partial charge in [0.05, 0.1) is 0 Å². The lowest BCUT2D eigenvalue weighted by Crippen LogP contribution is -1.97. The van der Waals surface area contributed by atoms with E-state index in [2.05, 4.69) is 10.2 Å². The topological polar surface area (TPSA) is 76.2 Å². The number of thioether (sulfide) groups is 1. The van der Waals surface area contributed by atoms with E-state index in [1.807, 2.05) is 42.5 Å². The largest absolute Gasteiger partial charge is 0.481 e. The van der Waals surface area contributed by atoms with Gasteiger partial charge < -0.3 is 9.52 Å². The second-order valence-electron chi connectivity index (χ2n) is 4.08. The van der Waals surface area contributed by atoms with Crippen LogP contribution in [0.25, 0.3) is 22.2 Å². The molecule has 0 amide bonds. The van der Waals surface area contributed by atoms with Gasteiger partial charge in [-0.2, -0.15) is 0 Å². The molecule has 20 heavy (non-hydrogen) atoms. The molecule has 1 N–H and O–H groups in total. The fourth-order valence-corrected chi connectivity index (χ4v) is 2.40. The van der Waals surface area contributed by atoms with Crippen LogP contribution in [0.15, 0.2) is 52.1 Å². The van der Waals surface area contributed by atoms with Crippen molar-refractivity contribution in [3.8, 4) is 11.5 Å². The van der Waals surface area contributed by atoms with E-state index in [0.29, 0.717) is 5.89 Å². The highest BCUT2D eigenvalue weighted by Crippen LogP contribution is 2.29. The number of carbonyl (C=O) groups is 1. The zero-order valence-electron chi connectivity index (χ0n) is 10.3. The summed E-state index contributed by atoms with van der Waals surface area (Å²) in [6, 6.07) is 13.7. The first-order valence-corrected chi connectivity index (χ1v) is 6.89. The van der Waals surface area contributed by atoms with Crippen molar-refractivity contribution < 1.29 is 14.3 Å². The van der Waals surface area contributed by atoms with E-state index in [-0.39, 0.29) is 11.0 Å². The molecule has 0 aliphatic rings. The Morgan fingerprint density at radius 2 is 1.95 bits per heavy atom. The van der Waals surface area contributed by atoms with Crippen molar-refractivity contribution in [1.82, 2.24) is 10.2 Å². The SMILES string of the molecule is O=C(O)CSc1nnc(-c2cccc3ccccc23)o1. The number of rotatable bonds is 4. The van der Waals surface area contributed by atoms with Gasteiger partial charge in [-0.1, -0.05) is 48.2 Å². The second kappa shape index (κ2) is 5.34. The van der Waals surface area contributed by atoms with Crippen LogP contribution in [-0.2, 0) is 4.79 Å². The van der Waals surface area contributed by atoms with Gasteiger partial charge in [0, 0.05) is 5.56 Å². The summed E-state index contributed by atoms with van der Waals surface area (Å²) in [5.74, 6) is -0.619. The molecule has 100 valence electrons. The molecule has 6 heteroatoms. The molecular formula is C14H10N2O3S. The molecule has 3 rings (SSSR count). The van der Waals surface area contributed by atoms with Gasteiger partial charge in [0.25, 0.3) is 5.22 Å². The summed E-state index contributed by atoms with van der Waals surface area (Å²) in [4.78, 5) is 10.5. The van der Waals surface area contributed by atoms with Gasteiger partial charge in [-0.15, -0.1) is 10.2 Å². The van der Waals surface area contributed by atoms with Crippen LogP contribution in [0.3, 0.4) is 0 Å². The van der Waals surface area contributed by atoms with E-state index < -0.39 is 5.97 Å². The lowest BCUT2D eigenvalue weighted by Gasteiger charge is -2.01. The van der Waals surface area contributed by atoms with Gasteiger partial charge in [-0.25, -0.2) is 0 Å². The van der Waals surface area contributed by atoms with E-state index >= 15 is 0 Å². The minimum absolute atomic E-state index is 0.100. The smallest absolute Gasteiger partial charge is 0.314 e. The maximum absolute atomic E-state index is 10.5. The lowest BCUT2D eigenvalue weighted by atomic mass is 10.0. The van der Waals surface area contributed by atoms with Gasteiger partial charge in [0.1, 0.15) is 5.75 Å². The molecule has 0 fully saturated rings. The first kappa shape index (κ1) is 12.7. The Morgan fingerprint density at radius 1 is 1.15 bits per heavy atom. The summed E-state index contributed by atoms with van der Waals surface area (Å²) < 4.78 is 5.51. The van der Waals surface area contributed by atoms with E-state index in [4.69, 9.17) is 9.52 Å². The molecule has 0 aliphatic carbocycles. The van der Waals surface area contributed by atoms with Crippen molar-refractivity contribution in [3.63, 3.8) is 0 Å². The molecule has 0 aliphatic heterocycles. The van der Waals surface area contributed by atoms with E-state index in [9.17, 15) is 4.79 Å². The van der Waals surface area contributed by atoms with Crippen molar-refractivity contribution >= 4 is 28.5 Å². The van der Waals surface area contributed by atoms with Gasteiger partial charge in [-0.05, 0) is 16.8 Å². The molecule has 0 spiro atoms. The third-order valence-corrected chi connectivity index (χ3v) is 3.55. The number of aromatic nitrogens is 2. The Morgan fingerprint density at radius 3 is 2.80 bits per heavy atom. The Hall–Kier alpha value is -2.34. The summed E-state index contributed by atoms with van der Waals surface area (Å²) in [6.45, 7) is 0. The summed E-state index contributed by atoms with van der Waals surface area (Å²) in [5, 5.41) is 18.8. The Bertz CT molecular complexity index is 764. The van der Waals surface area contributed by atoms with Gasteiger partial charge in [-0.3, -0.25) is 4.79 Å². The molecule has 2 aromatic carbocycles. The summed E-state index contributed by atoms with van der Waals surface area (Å²) >= 11 is 1.01. The Kier molecular flexibility index (Phi) is 3.39. The standard InChI is InChI=1S/C14H10N2O3S/c17-12(18)8-20-14-16-15-13(19-14)11-7-3-5-9-4-1-2-6-10(9)11/h1-7H,8H2,(H,17,18). The highest BCUT2D eigenvalue weighted by Gasteiger charge is 2.12. The number of aliphatic carboxylic acids is 1. The minimum Gasteiger partial charge on any atom is -0.481 e. The summed E-state index contributed by atoms with van der Waals surface area (Å²) in [6.07, 6.45) is 0. The predicted molar refractivity (Wildman–Crippen MR) is 75.6 cm³/mol. The number of fused-ring (bicyclic) bond motifs is 1. The van der Waals surface area contributed by atoms with Crippen LogP contribution in [0.4, 0.5) is 0 Å². The fourth-order valence-electron chi connectivity index (χ4n) is 1.91. The molecule has 0 bridgehead atoms. The second-order valence-corrected chi connectivity index (χ2v) is 5.01. The van der Waals surface area contributed by atoms with Crippen LogP contribution < -0.4 is 0 Å². The third kappa shape index (κ3) is 2.50. The molecule has 0 saturated carbocycles. The van der Waals surface area contributed by atoms with Crippen molar-refractivity contribution in [2.45, 2.75) is 5.22 Å². The fraction of sp³-hybridized carbons (Fsp3) is 0.0714. The number of carboxylic acids is 1. The van der Waals surface area contributed by atoms with Crippen LogP contribution in [0.1, 0.15) is 0 Å². The van der Waals surface area contributed by atoms with E-state index in [1.54, 1.807) is 0 Å². The molecule has 0 radical (unpaired) electrons. The average molecular weight is 286 g/mol. The minimum atomic E-state index is -0.917. The molecule has 0 saturated heterocycles. The van der Waals surface area contributed by atoms with Crippen LogP contribution >= 0.6 is 11.8 Å². The molecule has 0 atom stereocenters. The summed E-state index contributed by atoms with van der Waals surface area (Å²) in [5.41, 5.74) is 0.845. The monoisotopic (exact) mass is 286 g/mol. The Labute approximate surface area is 118 Å². The molecule has 5 nitrogen and oxygen atoms in total.